The van der Waals surface area contributed by atoms with Gasteiger partial charge in [0.15, 0.2) is 0 Å². The number of benzene rings is 3. The summed E-state index contributed by atoms with van der Waals surface area (Å²) in [5.74, 6) is -1.54. The van der Waals surface area contributed by atoms with Gasteiger partial charge in [0.25, 0.3) is 17.7 Å². The number of imide groups is 2. The van der Waals surface area contributed by atoms with Crippen LogP contribution in [0.25, 0.3) is 10.9 Å². The smallest absolute Gasteiger partial charge is 0.274 e. The topological polar surface area (TPSA) is 160 Å². The average molecular weight is 724 g/mol. The van der Waals surface area contributed by atoms with Crippen LogP contribution in [-0.4, -0.2) is 82.0 Å². The summed E-state index contributed by atoms with van der Waals surface area (Å²) in [7, 11) is 2.13. The molecular weight excluding hydrogens is 678 g/mol. The lowest BCUT2D eigenvalue weighted by Crippen LogP contribution is -2.54. The maximum absolute atomic E-state index is 13.2. The molecule has 1 saturated heterocycles. The van der Waals surface area contributed by atoms with Crippen molar-refractivity contribution < 1.29 is 38.7 Å². The van der Waals surface area contributed by atoms with Crippen LogP contribution in [0.5, 0.6) is 11.5 Å². The summed E-state index contributed by atoms with van der Waals surface area (Å²) in [5, 5.41) is 12.2. The summed E-state index contributed by atoms with van der Waals surface area (Å²) in [5.41, 5.74) is 4.57. The van der Waals surface area contributed by atoms with Gasteiger partial charge in [-0.1, -0.05) is 49.9 Å². The van der Waals surface area contributed by atoms with E-state index in [4.69, 9.17) is 14.7 Å². The molecule has 2 aliphatic rings. The molecule has 13 nitrogen and oxygen atoms in total. The molecule has 0 radical (unpaired) electrons. The fraction of sp³-hybridized carbons (Fsp3) is 0.375. The Kier molecular flexibility index (Phi) is 12.2. The fourth-order valence-electron chi connectivity index (χ4n) is 6.91. The molecule has 6 rings (SSSR count). The minimum Gasteiger partial charge on any atom is -0.493 e. The van der Waals surface area contributed by atoms with Gasteiger partial charge in [-0.05, 0) is 86.3 Å². The number of unbranched alkanes of at least 4 members (excludes halogenated alkanes) is 5. The highest BCUT2D eigenvalue weighted by molar-refractivity contribution is 6.24. The van der Waals surface area contributed by atoms with Crippen LogP contribution in [0.4, 0.5) is 0 Å². The van der Waals surface area contributed by atoms with Crippen LogP contribution >= 0.6 is 0 Å². The molecule has 0 aliphatic carbocycles. The summed E-state index contributed by atoms with van der Waals surface area (Å²) >= 11 is 0. The summed E-state index contributed by atoms with van der Waals surface area (Å²) in [6.07, 6.45) is 8.37. The molecule has 0 bridgehead atoms. The normalized spacial score (nSPS) is 15.6. The van der Waals surface area contributed by atoms with E-state index in [1.165, 1.54) is 5.56 Å². The molecule has 1 fully saturated rings. The maximum Gasteiger partial charge on any atom is 0.274 e. The second-order valence-corrected chi connectivity index (χ2v) is 13.5. The molecule has 13 heteroatoms. The van der Waals surface area contributed by atoms with Crippen molar-refractivity contribution >= 4 is 40.4 Å². The Labute approximate surface area is 307 Å². The van der Waals surface area contributed by atoms with E-state index in [1.807, 2.05) is 35.0 Å². The van der Waals surface area contributed by atoms with E-state index in [0.717, 1.165) is 73.2 Å². The Morgan fingerprint density at radius 1 is 0.906 bits per heavy atom. The van der Waals surface area contributed by atoms with Gasteiger partial charge in [-0.2, -0.15) is 0 Å². The lowest BCUT2D eigenvalue weighted by molar-refractivity contribution is -0.136. The van der Waals surface area contributed by atoms with Crippen LogP contribution in [0.1, 0.15) is 88.0 Å². The van der Waals surface area contributed by atoms with Gasteiger partial charge in [0.2, 0.25) is 11.8 Å². The minimum atomic E-state index is -1.00. The highest BCUT2D eigenvalue weighted by Gasteiger charge is 2.46. The number of rotatable bonds is 18. The first-order valence-corrected chi connectivity index (χ1v) is 18.1. The lowest BCUT2D eigenvalue weighted by atomic mass is 10.0. The Bertz CT molecular complexity index is 1970. The number of fused-ring (bicyclic) bond motifs is 2. The lowest BCUT2D eigenvalue weighted by Gasteiger charge is -2.27. The molecule has 1 aromatic heterocycles. The van der Waals surface area contributed by atoms with E-state index >= 15 is 0 Å². The Balaban J connectivity index is 0.837. The summed E-state index contributed by atoms with van der Waals surface area (Å²) in [4.78, 5) is 65.2. The van der Waals surface area contributed by atoms with E-state index < -0.39 is 35.6 Å². The third-order valence-corrected chi connectivity index (χ3v) is 9.74. The van der Waals surface area contributed by atoms with Gasteiger partial charge >= 0.3 is 0 Å². The number of amides is 5. The molecule has 4 aromatic rings. The monoisotopic (exact) mass is 723 g/mol. The number of aromatic nitrogens is 1. The maximum atomic E-state index is 13.2. The van der Waals surface area contributed by atoms with E-state index in [2.05, 4.69) is 29.4 Å². The van der Waals surface area contributed by atoms with E-state index in [-0.39, 0.29) is 24.0 Å². The Morgan fingerprint density at radius 2 is 1.68 bits per heavy atom. The van der Waals surface area contributed by atoms with Gasteiger partial charge in [0.1, 0.15) is 24.1 Å². The minimum absolute atomic E-state index is 0.0759. The number of piperidine rings is 1. The van der Waals surface area contributed by atoms with Crippen LogP contribution in [0.15, 0.2) is 72.9 Å². The van der Waals surface area contributed by atoms with Crippen LogP contribution in [0.3, 0.4) is 0 Å². The second kappa shape index (κ2) is 17.3. The number of nitrogens with one attached hydrogen (secondary N) is 2. The SMILES string of the molecule is CN(CCCCCCCCOc1cccc2c1C(=O)N(C1CCC(=O)NC1=O)C2=O)Cc1ccc(OCCn2ccc3ccc(C(=O)NO)cc32)cc1. The fourth-order valence-corrected chi connectivity index (χ4v) is 6.91. The number of hydrogen-bond donors (Lipinski definition) is 3. The van der Waals surface area contributed by atoms with Crippen molar-refractivity contribution in [1.82, 2.24) is 25.2 Å². The van der Waals surface area contributed by atoms with Gasteiger partial charge in [0, 0.05) is 30.2 Å². The molecule has 2 aliphatic heterocycles. The number of nitrogens with zero attached hydrogens (tertiary/aromatic N) is 3. The summed E-state index contributed by atoms with van der Waals surface area (Å²) in [6, 6.07) is 19.3. The number of hydroxylamine groups is 1. The quantitative estimate of drug-likeness (QED) is 0.0550. The zero-order chi connectivity index (χ0) is 37.3. The molecule has 3 aromatic carbocycles. The number of carbonyl (C=O) groups is 5. The number of ether oxygens (including phenoxy) is 2. The first-order valence-electron chi connectivity index (χ1n) is 18.1. The predicted octanol–water partition coefficient (Wildman–Crippen LogP) is 5.09. The first kappa shape index (κ1) is 37.2. The largest absolute Gasteiger partial charge is 0.493 e. The molecule has 53 heavy (non-hydrogen) atoms. The van der Waals surface area contributed by atoms with Crippen LogP contribution in [-0.2, 0) is 22.7 Å². The molecule has 278 valence electrons. The standard InChI is InChI=1S/C40H45N5O8/c1-43(26-27-11-15-30(16-12-27)52-24-22-44-21-19-28-13-14-29(25-33(28)44)37(47)42-51)20-6-4-2-3-5-7-23-53-34-10-8-9-31-36(34)40(50)45(39(31)49)32-17-18-35(46)41-38(32)48/h8-16,19,21,25,32,51H,2-7,17-18,20,22-24,26H2,1H3,(H,42,47)(H,41,46,48). The van der Waals surface area contributed by atoms with Gasteiger partial charge in [0.05, 0.1) is 24.3 Å². The van der Waals surface area contributed by atoms with Crippen molar-refractivity contribution in [3.8, 4) is 11.5 Å². The zero-order valence-corrected chi connectivity index (χ0v) is 29.8. The Hall–Kier alpha value is -5.53. The summed E-state index contributed by atoms with van der Waals surface area (Å²) < 4.78 is 14.0. The average Bonchev–Trinajstić information content (AvgIpc) is 3.68. The molecule has 5 amide bonds. The van der Waals surface area contributed by atoms with Gasteiger partial charge in [-0.15, -0.1) is 0 Å². The molecule has 1 atom stereocenters. The van der Waals surface area contributed by atoms with Crippen molar-refractivity contribution in [1.29, 1.82) is 0 Å². The van der Waals surface area contributed by atoms with Crippen molar-refractivity contribution in [3.63, 3.8) is 0 Å². The van der Waals surface area contributed by atoms with Gasteiger partial charge in [-0.25, -0.2) is 5.48 Å². The van der Waals surface area contributed by atoms with E-state index in [1.54, 1.807) is 35.8 Å². The third-order valence-electron chi connectivity index (χ3n) is 9.74. The molecule has 1 unspecified atom stereocenters. The number of carbonyl (C=O) groups excluding carboxylic acids is 5. The van der Waals surface area contributed by atoms with Crippen molar-refractivity contribution in [2.75, 3.05) is 26.8 Å². The van der Waals surface area contributed by atoms with Crippen LogP contribution in [0.2, 0.25) is 0 Å². The molecule has 3 N–H and O–H groups in total. The Morgan fingerprint density at radius 3 is 2.45 bits per heavy atom. The van der Waals surface area contributed by atoms with Crippen molar-refractivity contribution in [2.24, 2.45) is 0 Å². The van der Waals surface area contributed by atoms with E-state index in [0.29, 0.717) is 31.1 Å². The predicted molar refractivity (Wildman–Crippen MR) is 196 cm³/mol. The highest BCUT2D eigenvalue weighted by Crippen LogP contribution is 2.33. The molecular formula is C40H45N5O8. The van der Waals surface area contributed by atoms with Gasteiger partial charge in [-0.3, -0.25) is 39.4 Å². The van der Waals surface area contributed by atoms with E-state index in [9.17, 15) is 24.0 Å². The highest BCUT2D eigenvalue weighted by atomic mass is 16.5. The third kappa shape index (κ3) is 8.93. The van der Waals surface area contributed by atoms with Crippen LogP contribution < -0.4 is 20.3 Å². The van der Waals surface area contributed by atoms with Crippen molar-refractivity contribution in [2.45, 2.75) is 70.5 Å². The molecule has 3 heterocycles. The first-order chi connectivity index (χ1) is 25.7. The number of hydrogen-bond acceptors (Lipinski definition) is 9. The summed E-state index contributed by atoms with van der Waals surface area (Å²) in [6.45, 7) is 3.34. The zero-order valence-electron chi connectivity index (χ0n) is 29.8. The molecule has 0 spiro atoms. The van der Waals surface area contributed by atoms with Crippen molar-refractivity contribution in [3.05, 3.63) is 95.2 Å². The van der Waals surface area contributed by atoms with Gasteiger partial charge < -0.3 is 18.9 Å². The molecule has 0 saturated carbocycles. The van der Waals surface area contributed by atoms with Crippen LogP contribution in [0, 0.1) is 0 Å². The second-order valence-electron chi connectivity index (χ2n) is 13.5.